The Morgan fingerprint density at radius 2 is 2.30 bits per heavy atom. The summed E-state index contributed by atoms with van der Waals surface area (Å²) in [5, 5.41) is 4.07. The van der Waals surface area contributed by atoms with Crippen molar-refractivity contribution >= 4 is 0 Å². The number of hydrogen-bond acceptors (Lipinski definition) is 7. The van der Waals surface area contributed by atoms with Crippen LogP contribution in [0.25, 0.3) is 0 Å². The minimum absolute atomic E-state index is 0.0579. The van der Waals surface area contributed by atoms with Crippen molar-refractivity contribution in [1.29, 1.82) is 0 Å². The van der Waals surface area contributed by atoms with Crippen molar-refractivity contribution in [1.82, 2.24) is 15.0 Å². The molecule has 0 N–H and O–H groups in total. The third-order valence-electron chi connectivity index (χ3n) is 3.86. The summed E-state index contributed by atoms with van der Waals surface area (Å²) in [7, 11) is 1.66. The molecule has 0 saturated carbocycles. The maximum absolute atomic E-state index is 5.86. The molecule has 1 aliphatic rings. The Kier molecular flexibility index (Phi) is 5.43. The normalized spacial score (nSPS) is 19.3. The van der Waals surface area contributed by atoms with E-state index < -0.39 is 0 Å². The van der Waals surface area contributed by atoms with Crippen LogP contribution in [0, 0.1) is 0 Å². The molecule has 3 rings (SSSR count). The van der Waals surface area contributed by atoms with Gasteiger partial charge >= 0.3 is 0 Å². The molecule has 0 aliphatic carbocycles. The lowest BCUT2D eigenvalue weighted by Crippen LogP contribution is -2.39. The molecule has 1 unspecified atom stereocenters. The van der Waals surface area contributed by atoms with Crippen molar-refractivity contribution < 1.29 is 18.4 Å². The van der Waals surface area contributed by atoms with Gasteiger partial charge in [0.25, 0.3) is 0 Å². The van der Waals surface area contributed by atoms with E-state index in [9.17, 15) is 0 Å². The highest BCUT2D eigenvalue weighted by atomic mass is 16.5. The lowest BCUT2D eigenvalue weighted by Gasteiger charge is -2.33. The first kappa shape index (κ1) is 16.2. The number of aromatic nitrogens is 2. The molecule has 0 amide bonds. The van der Waals surface area contributed by atoms with Gasteiger partial charge in [0.15, 0.2) is 5.82 Å². The highest BCUT2D eigenvalue weighted by molar-refractivity contribution is 5.11. The quantitative estimate of drug-likeness (QED) is 0.775. The Bertz CT molecular complexity index is 610. The van der Waals surface area contributed by atoms with Gasteiger partial charge in [-0.15, -0.1) is 0 Å². The molecule has 0 radical (unpaired) electrons. The van der Waals surface area contributed by atoms with Gasteiger partial charge < -0.3 is 18.4 Å². The first-order valence-corrected chi connectivity index (χ1v) is 8.01. The van der Waals surface area contributed by atoms with Crippen molar-refractivity contribution in [3.63, 3.8) is 0 Å². The largest absolute Gasteiger partial charge is 0.462 e. The highest BCUT2D eigenvalue weighted by Crippen LogP contribution is 2.27. The van der Waals surface area contributed by atoms with Crippen molar-refractivity contribution in [2.24, 2.45) is 0 Å². The topological polar surface area (TPSA) is 73.8 Å². The van der Waals surface area contributed by atoms with Crippen molar-refractivity contribution in [3.8, 4) is 0 Å². The second-order valence-electron chi connectivity index (χ2n) is 5.65. The van der Waals surface area contributed by atoms with E-state index in [0.29, 0.717) is 38.1 Å². The van der Waals surface area contributed by atoms with E-state index in [1.165, 1.54) is 0 Å². The van der Waals surface area contributed by atoms with E-state index in [-0.39, 0.29) is 6.04 Å². The van der Waals surface area contributed by atoms with Gasteiger partial charge in [-0.2, -0.15) is 4.98 Å². The Morgan fingerprint density at radius 1 is 1.39 bits per heavy atom. The van der Waals surface area contributed by atoms with Crippen LogP contribution in [0.3, 0.4) is 0 Å². The molecule has 1 aliphatic heterocycles. The summed E-state index contributed by atoms with van der Waals surface area (Å²) in [6, 6.07) is 3.99. The monoisotopic (exact) mass is 321 g/mol. The molecule has 1 saturated heterocycles. The number of rotatable bonds is 7. The summed E-state index contributed by atoms with van der Waals surface area (Å²) in [4.78, 5) is 6.71. The van der Waals surface area contributed by atoms with Crippen LogP contribution in [0.5, 0.6) is 0 Å². The summed E-state index contributed by atoms with van der Waals surface area (Å²) in [6.45, 7) is 5.29. The van der Waals surface area contributed by atoms with Gasteiger partial charge in [0.05, 0.1) is 25.8 Å². The van der Waals surface area contributed by atoms with E-state index in [2.05, 4.69) is 22.0 Å². The molecule has 1 atom stereocenters. The summed E-state index contributed by atoms with van der Waals surface area (Å²) in [5.74, 6) is 3.11. The zero-order valence-corrected chi connectivity index (χ0v) is 13.7. The average molecular weight is 321 g/mol. The fourth-order valence-corrected chi connectivity index (χ4v) is 2.73. The van der Waals surface area contributed by atoms with Crippen molar-refractivity contribution in [3.05, 3.63) is 35.4 Å². The van der Waals surface area contributed by atoms with Gasteiger partial charge in [0.1, 0.15) is 18.1 Å². The van der Waals surface area contributed by atoms with E-state index in [1.54, 1.807) is 7.11 Å². The molecular formula is C16H23N3O4. The van der Waals surface area contributed by atoms with E-state index in [4.69, 9.17) is 18.4 Å². The molecule has 3 heterocycles. The number of hydrogen-bond donors (Lipinski definition) is 0. The Labute approximate surface area is 135 Å². The number of nitrogens with zero attached hydrogens (tertiary/aromatic N) is 3. The minimum Gasteiger partial charge on any atom is -0.462 e. The number of furan rings is 1. The lowest BCUT2D eigenvalue weighted by atomic mass is 10.1. The molecule has 0 bridgehead atoms. The zero-order chi connectivity index (χ0) is 16.1. The molecule has 126 valence electrons. The molecule has 23 heavy (non-hydrogen) atoms. The summed E-state index contributed by atoms with van der Waals surface area (Å²) >= 11 is 0. The molecule has 0 spiro atoms. The van der Waals surface area contributed by atoms with Gasteiger partial charge in [-0.3, -0.25) is 4.90 Å². The SMILES string of the molecule is CCCc1nc(CN2CCOCC2c2ccc(COC)o2)no1. The molecule has 2 aromatic rings. The van der Waals surface area contributed by atoms with Gasteiger partial charge in [-0.05, 0) is 18.6 Å². The van der Waals surface area contributed by atoms with Gasteiger partial charge in [0, 0.05) is 20.1 Å². The van der Waals surface area contributed by atoms with Crippen molar-refractivity contribution in [2.75, 3.05) is 26.9 Å². The predicted molar refractivity (Wildman–Crippen MR) is 81.7 cm³/mol. The van der Waals surface area contributed by atoms with Crippen LogP contribution < -0.4 is 0 Å². The number of aryl methyl sites for hydroxylation is 1. The maximum atomic E-state index is 5.86. The van der Waals surface area contributed by atoms with Gasteiger partial charge in [-0.1, -0.05) is 12.1 Å². The Balaban J connectivity index is 1.69. The van der Waals surface area contributed by atoms with Crippen LogP contribution in [-0.2, 0) is 29.0 Å². The van der Waals surface area contributed by atoms with E-state index in [0.717, 1.165) is 30.9 Å². The van der Waals surface area contributed by atoms with Crippen molar-refractivity contribution in [2.45, 2.75) is 39.0 Å². The third-order valence-corrected chi connectivity index (χ3v) is 3.86. The fourth-order valence-electron chi connectivity index (χ4n) is 2.73. The molecule has 2 aromatic heterocycles. The van der Waals surface area contributed by atoms with Crippen LogP contribution >= 0.6 is 0 Å². The first-order valence-electron chi connectivity index (χ1n) is 8.01. The molecular weight excluding hydrogens is 298 g/mol. The second-order valence-corrected chi connectivity index (χ2v) is 5.65. The van der Waals surface area contributed by atoms with Gasteiger partial charge in [-0.25, -0.2) is 0 Å². The molecule has 0 aromatic carbocycles. The second kappa shape index (κ2) is 7.72. The predicted octanol–water partition coefficient (Wildman–Crippen LogP) is 2.33. The third kappa shape index (κ3) is 3.99. The number of morpholine rings is 1. The van der Waals surface area contributed by atoms with Gasteiger partial charge in [0.2, 0.25) is 5.89 Å². The van der Waals surface area contributed by atoms with Crippen LogP contribution in [0.1, 0.15) is 42.6 Å². The average Bonchev–Trinajstić information content (AvgIpc) is 3.19. The number of methoxy groups -OCH3 is 1. The molecule has 1 fully saturated rings. The van der Waals surface area contributed by atoms with Crippen LogP contribution in [0.15, 0.2) is 21.1 Å². The van der Waals surface area contributed by atoms with Crippen LogP contribution in [0.2, 0.25) is 0 Å². The smallest absolute Gasteiger partial charge is 0.226 e. The Morgan fingerprint density at radius 3 is 3.13 bits per heavy atom. The number of ether oxygens (including phenoxy) is 2. The van der Waals surface area contributed by atoms with E-state index in [1.807, 2.05) is 12.1 Å². The first-order chi connectivity index (χ1) is 11.3. The minimum atomic E-state index is 0.0579. The summed E-state index contributed by atoms with van der Waals surface area (Å²) in [5.41, 5.74) is 0. The maximum Gasteiger partial charge on any atom is 0.226 e. The Hall–Kier alpha value is -1.70. The van der Waals surface area contributed by atoms with Crippen LogP contribution in [0.4, 0.5) is 0 Å². The zero-order valence-electron chi connectivity index (χ0n) is 13.7. The molecule has 7 heteroatoms. The molecule has 7 nitrogen and oxygen atoms in total. The standard InChI is InChI=1S/C16H23N3O4/c1-3-4-16-17-15(18-23-16)9-19-7-8-21-11-13(19)14-6-5-12(22-14)10-20-2/h5-6,13H,3-4,7-11H2,1-2H3. The highest BCUT2D eigenvalue weighted by Gasteiger charge is 2.28. The fraction of sp³-hybridized carbons (Fsp3) is 0.625. The summed E-state index contributed by atoms with van der Waals surface area (Å²) in [6.07, 6.45) is 1.81. The summed E-state index contributed by atoms with van der Waals surface area (Å²) < 4.78 is 21.9. The van der Waals surface area contributed by atoms with E-state index >= 15 is 0 Å². The lowest BCUT2D eigenvalue weighted by molar-refractivity contribution is -0.0224. The van der Waals surface area contributed by atoms with Crippen LogP contribution in [-0.4, -0.2) is 41.9 Å².